The molecule has 0 atom stereocenters. The van der Waals surface area contributed by atoms with Crippen molar-refractivity contribution in [3.05, 3.63) is 65.7 Å². The van der Waals surface area contributed by atoms with Gasteiger partial charge >= 0.3 is 5.97 Å². The molecule has 0 aliphatic rings. The third-order valence-electron chi connectivity index (χ3n) is 3.66. The van der Waals surface area contributed by atoms with Crippen molar-refractivity contribution in [3.63, 3.8) is 0 Å². The van der Waals surface area contributed by atoms with Crippen molar-refractivity contribution >= 4 is 23.6 Å². The number of ether oxygens (including phenoxy) is 1. The van der Waals surface area contributed by atoms with Gasteiger partial charge in [-0.25, -0.2) is 0 Å². The van der Waals surface area contributed by atoms with Gasteiger partial charge in [0.15, 0.2) is 6.61 Å². The first-order valence-electron chi connectivity index (χ1n) is 8.30. The Balaban J connectivity index is 1.56. The van der Waals surface area contributed by atoms with Crippen molar-refractivity contribution in [1.82, 2.24) is 5.32 Å². The van der Waals surface area contributed by atoms with E-state index in [-0.39, 0.29) is 24.9 Å². The highest BCUT2D eigenvalue weighted by Gasteiger charge is 2.08. The molecule has 5 heteroatoms. The number of amides is 1. The van der Waals surface area contributed by atoms with Gasteiger partial charge in [-0.15, -0.1) is 11.8 Å². The van der Waals surface area contributed by atoms with E-state index in [0.717, 1.165) is 11.3 Å². The molecule has 0 unspecified atom stereocenters. The average molecular weight is 357 g/mol. The largest absolute Gasteiger partial charge is 0.456 e. The fourth-order valence-electron chi connectivity index (χ4n) is 2.27. The predicted molar refractivity (Wildman–Crippen MR) is 101 cm³/mol. The molecule has 1 amide bonds. The highest BCUT2D eigenvalue weighted by molar-refractivity contribution is 7.99. The zero-order valence-electron chi connectivity index (χ0n) is 14.4. The number of nitrogens with one attached hydrogen (secondary N) is 1. The fraction of sp³-hybridized carbons (Fsp3) is 0.300. The number of carbonyl (C=O) groups is 2. The smallest absolute Gasteiger partial charge is 0.307 e. The Morgan fingerprint density at radius 2 is 1.76 bits per heavy atom. The van der Waals surface area contributed by atoms with Gasteiger partial charge in [-0.1, -0.05) is 42.5 Å². The summed E-state index contributed by atoms with van der Waals surface area (Å²) in [5.74, 6) is 0.0210. The first kappa shape index (κ1) is 19.1. The third-order valence-corrected chi connectivity index (χ3v) is 4.67. The molecule has 4 nitrogen and oxygen atoms in total. The molecule has 132 valence electrons. The monoisotopic (exact) mass is 357 g/mol. The molecule has 0 saturated heterocycles. The topological polar surface area (TPSA) is 55.4 Å². The molecule has 0 aromatic heterocycles. The summed E-state index contributed by atoms with van der Waals surface area (Å²) < 4.78 is 5.00. The van der Waals surface area contributed by atoms with Crippen LogP contribution in [0.4, 0.5) is 0 Å². The van der Waals surface area contributed by atoms with Crippen LogP contribution in [0.5, 0.6) is 0 Å². The molecule has 0 radical (unpaired) electrons. The number of carbonyl (C=O) groups excluding carboxylic acids is 2. The lowest BCUT2D eigenvalue weighted by Crippen LogP contribution is -2.30. The Labute approximate surface area is 153 Å². The van der Waals surface area contributed by atoms with E-state index in [1.807, 2.05) is 61.5 Å². The van der Waals surface area contributed by atoms with Gasteiger partial charge in [-0.2, -0.15) is 0 Å². The van der Waals surface area contributed by atoms with Crippen LogP contribution in [-0.2, 0) is 20.7 Å². The van der Waals surface area contributed by atoms with Gasteiger partial charge in [-0.3, -0.25) is 9.59 Å². The van der Waals surface area contributed by atoms with Crippen LogP contribution in [-0.4, -0.2) is 30.8 Å². The minimum Gasteiger partial charge on any atom is -0.456 e. The fourth-order valence-corrected chi connectivity index (χ4v) is 3.12. The Bertz CT molecular complexity index is 688. The van der Waals surface area contributed by atoms with E-state index >= 15 is 0 Å². The Morgan fingerprint density at radius 3 is 2.52 bits per heavy atom. The number of benzene rings is 2. The second-order valence-electron chi connectivity index (χ2n) is 5.60. The molecule has 2 rings (SSSR count). The van der Waals surface area contributed by atoms with Gasteiger partial charge in [0.2, 0.25) is 0 Å². The summed E-state index contributed by atoms with van der Waals surface area (Å²) in [5.41, 5.74) is 2.41. The number of hydrogen-bond donors (Lipinski definition) is 1. The van der Waals surface area contributed by atoms with Crippen molar-refractivity contribution in [2.24, 2.45) is 0 Å². The summed E-state index contributed by atoms with van der Waals surface area (Å²) in [6, 6.07) is 17.9. The summed E-state index contributed by atoms with van der Waals surface area (Å²) in [7, 11) is 0. The standard InChI is InChI=1S/C20H23NO3S/c1-16-7-5-6-8-17(16)11-13-21-19(22)15-24-20(23)12-14-25-18-9-3-2-4-10-18/h2-10H,11-15H2,1H3,(H,21,22). The zero-order valence-corrected chi connectivity index (χ0v) is 15.2. The molecular weight excluding hydrogens is 334 g/mol. The van der Waals surface area contributed by atoms with Crippen molar-refractivity contribution in [2.75, 3.05) is 18.9 Å². The quantitative estimate of drug-likeness (QED) is 0.552. The van der Waals surface area contributed by atoms with Crippen molar-refractivity contribution in [3.8, 4) is 0 Å². The molecule has 0 heterocycles. The van der Waals surface area contributed by atoms with Gasteiger partial charge in [0, 0.05) is 17.2 Å². The van der Waals surface area contributed by atoms with Crippen molar-refractivity contribution < 1.29 is 14.3 Å². The SMILES string of the molecule is Cc1ccccc1CCNC(=O)COC(=O)CCSc1ccccc1. The number of thioether (sulfide) groups is 1. The van der Waals surface area contributed by atoms with E-state index in [9.17, 15) is 9.59 Å². The highest BCUT2D eigenvalue weighted by atomic mass is 32.2. The Hall–Kier alpha value is -2.27. The molecule has 0 spiro atoms. The van der Waals surface area contributed by atoms with E-state index in [4.69, 9.17) is 4.74 Å². The van der Waals surface area contributed by atoms with Crippen LogP contribution in [0.2, 0.25) is 0 Å². The minimum atomic E-state index is -0.350. The highest BCUT2D eigenvalue weighted by Crippen LogP contribution is 2.17. The van der Waals surface area contributed by atoms with E-state index in [0.29, 0.717) is 12.3 Å². The van der Waals surface area contributed by atoms with Gasteiger partial charge in [-0.05, 0) is 36.6 Å². The van der Waals surface area contributed by atoms with Crippen LogP contribution >= 0.6 is 11.8 Å². The molecule has 0 bridgehead atoms. The first-order chi connectivity index (χ1) is 12.1. The maximum absolute atomic E-state index is 11.7. The summed E-state index contributed by atoms with van der Waals surface area (Å²) >= 11 is 1.59. The van der Waals surface area contributed by atoms with Crippen LogP contribution in [0.1, 0.15) is 17.5 Å². The van der Waals surface area contributed by atoms with Crippen LogP contribution in [0, 0.1) is 6.92 Å². The van der Waals surface area contributed by atoms with Gasteiger partial charge < -0.3 is 10.1 Å². The molecule has 0 fully saturated rings. The van der Waals surface area contributed by atoms with Gasteiger partial charge in [0.25, 0.3) is 5.91 Å². The lowest BCUT2D eigenvalue weighted by molar-refractivity contribution is -0.148. The molecule has 0 saturated carbocycles. The maximum atomic E-state index is 11.7. The van der Waals surface area contributed by atoms with Crippen LogP contribution in [0.15, 0.2) is 59.5 Å². The predicted octanol–water partition coefficient (Wildman–Crippen LogP) is 3.38. The molecule has 25 heavy (non-hydrogen) atoms. The number of aryl methyl sites for hydroxylation is 1. The third kappa shape index (κ3) is 7.44. The van der Waals surface area contributed by atoms with Crippen LogP contribution in [0.3, 0.4) is 0 Å². The summed E-state index contributed by atoms with van der Waals surface area (Å²) in [6.07, 6.45) is 1.05. The van der Waals surface area contributed by atoms with E-state index in [2.05, 4.69) is 5.32 Å². The Kier molecular flexibility index (Phi) is 8.05. The molecule has 2 aromatic carbocycles. The maximum Gasteiger partial charge on any atom is 0.307 e. The second kappa shape index (κ2) is 10.6. The Morgan fingerprint density at radius 1 is 1.04 bits per heavy atom. The number of esters is 1. The lowest BCUT2D eigenvalue weighted by atomic mass is 10.1. The van der Waals surface area contributed by atoms with Gasteiger partial charge in [0.05, 0.1) is 6.42 Å². The van der Waals surface area contributed by atoms with Crippen molar-refractivity contribution in [1.29, 1.82) is 0 Å². The first-order valence-corrected chi connectivity index (χ1v) is 9.28. The van der Waals surface area contributed by atoms with Gasteiger partial charge in [0.1, 0.15) is 0 Å². The number of rotatable bonds is 9. The van der Waals surface area contributed by atoms with Crippen LogP contribution in [0.25, 0.3) is 0 Å². The molecule has 0 aliphatic carbocycles. The molecule has 1 N–H and O–H groups in total. The zero-order chi connectivity index (χ0) is 17.9. The molecular formula is C20H23NO3S. The second-order valence-corrected chi connectivity index (χ2v) is 6.77. The normalized spacial score (nSPS) is 10.3. The summed E-state index contributed by atoms with van der Waals surface area (Å²) in [5, 5.41) is 2.77. The van der Waals surface area contributed by atoms with Crippen LogP contribution < -0.4 is 5.32 Å². The molecule has 0 aliphatic heterocycles. The summed E-state index contributed by atoms with van der Waals surface area (Å²) in [6.45, 7) is 2.36. The number of hydrogen-bond acceptors (Lipinski definition) is 4. The van der Waals surface area contributed by atoms with Crippen molar-refractivity contribution in [2.45, 2.75) is 24.7 Å². The minimum absolute atomic E-state index is 0.220. The molecule has 2 aromatic rings. The average Bonchev–Trinajstić information content (AvgIpc) is 2.62. The van der Waals surface area contributed by atoms with E-state index < -0.39 is 0 Å². The van der Waals surface area contributed by atoms with E-state index in [1.165, 1.54) is 11.1 Å². The summed E-state index contributed by atoms with van der Waals surface area (Å²) in [4.78, 5) is 24.5. The van der Waals surface area contributed by atoms with E-state index in [1.54, 1.807) is 11.8 Å². The lowest BCUT2D eigenvalue weighted by Gasteiger charge is -2.08.